The second-order valence-electron chi connectivity index (χ2n) is 7.15. The summed E-state index contributed by atoms with van der Waals surface area (Å²) in [6, 6.07) is 22.1. The van der Waals surface area contributed by atoms with E-state index in [2.05, 4.69) is 5.32 Å². The molecule has 4 rings (SSSR count). The lowest BCUT2D eigenvalue weighted by Crippen LogP contribution is -2.21. The van der Waals surface area contributed by atoms with Crippen LogP contribution in [0.25, 0.3) is 22.0 Å². The van der Waals surface area contributed by atoms with E-state index in [1.54, 1.807) is 24.3 Å². The minimum absolute atomic E-state index is 0.121. The highest BCUT2D eigenvalue weighted by Gasteiger charge is 2.20. The number of methoxy groups -OCH3 is 1. The number of nitrogens with one attached hydrogen (secondary N) is 1. The van der Waals surface area contributed by atoms with E-state index in [9.17, 15) is 9.59 Å². The molecule has 0 aliphatic carbocycles. The number of para-hydroxylation sites is 2. The summed E-state index contributed by atoms with van der Waals surface area (Å²) in [6.07, 6.45) is 0. The molecule has 0 radical (unpaired) electrons. The molecule has 150 valence electrons. The van der Waals surface area contributed by atoms with Crippen molar-refractivity contribution in [2.75, 3.05) is 12.4 Å². The summed E-state index contributed by atoms with van der Waals surface area (Å²) in [5.41, 5.74) is 3.28. The molecule has 5 nitrogen and oxygen atoms in total. The molecule has 0 aliphatic rings. The number of amides is 1. The Kier molecular flexibility index (Phi) is 5.11. The Bertz CT molecular complexity index is 1320. The standard InChI is InChI=1S/C25H22N2O3/c1-16-9-8-10-17(15-16)22-23(28)18-11-4-6-13-20(18)27(2)24(22)26-25(29)19-12-5-7-14-21(19)30-3/h4-15H,1-3H3,(H,26,29). The van der Waals surface area contributed by atoms with E-state index in [0.29, 0.717) is 28.1 Å². The maximum absolute atomic E-state index is 13.5. The van der Waals surface area contributed by atoms with Crippen LogP contribution in [0, 0.1) is 6.92 Å². The summed E-state index contributed by atoms with van der Waals surface area (Å²) >= 11 is 0. The van der Waals surface area contributed by atoms with Crippen LogP contribution in [0.3, 0.4) is 0 Å². The zero-order valence-corrected chi connectivity index (χ0v) is 17.1. The molecule has 0 atom stereocenters. The van der Waals surface area contributed by atoms with Crippen LogP contribution in [-0.2, 0) is 7.05 Å². The first kappa shape index (κ1) is 19.5. The average Bonchev–Trinajstić information content (AvgIpc) is 2.77. The van der Waals surface area contributed by atoms with Gasteiger partial charge in [-0.05, 0) is 36.8 Å². The zero-order valence-electron chi connectivity index (χ0n) is 17.1. The van der Waals surface area contributed by atoms with Crippen molar-refractivity contribution in [1.29, 1.82) is 0 Å². The number of anilines is 1. The van der Waals surface area contributed by atoms with Gasteiger partial charge in [0.25, 0.3) is 5.91 Å². The summed E-state index contributed by atoms with van der Waals surface area (Å²) in [7, 11) is 3.37. The van der Waals surface area contributed by atoms with Crippen LogP contribution in [0.1, 0.15) is 15.9 Å². The molecule has 0 fully saturated rings. The van der Waals surface area contributed by atoms with Crippen molar-refractivity contribution < 1.29 is 9.53 Å². The maximum atomic E-state index is 13.5. The van der Waals surface area contributed by atoms with E-state index in [4.69, 9.17) is 4.74 Å². The SMILES string of the molecule is COc1ccccc1C(=O)Nc1c(-c2cccc(C)c2)c(=O)c2ccccc2n1C. The van der Waals surface area contributed by atoms with Crippen LogP contribution >= 0.6 is 0 Å². The number of rotatable bonds is 4. The van der Waals surface area contributed by atoms with Gasteiger partial charge < -0.3 is 14.6 Å². The Morgan fingerprint density at radius 2 is 1.70 bits per heavy atom. The van der Waals surface area contributed by atoms with E-state index >= 15 is 0 Å². The minimum Gasteiger partial charge on any atom is -0.496 e. The molecule has 3 aromatic carbocycles. The zero-order chi connectivity index (χ0) is 21.3. The first-order valence-corrected chi connectivity index (χ1v) is 9.64. The molecule has 0 unspecified atom stereocenters. The lowest BCUT2D eigenvalue weighted by Gasteiger charge is -2.19. The molecule has 30 heavy (non-hydrogen) atoms. The largest absolute Gasteiger partial charge is 0.496 e. The monoisotopic (exact) mass is 398 g/mol. The average molecular weight is 398 g/mol. The fourth-order valence-electron chi connectivity index (χ4n) is 3.71. The van der Waals surface area contributed by atoms with Crippen molar-refractivity contribution in [3.8, 4) is 16.9 Å². The number of fused-ring (bicyclic) bond motifs is 1. The first-order valence-electron chi connectivity index (χ1n) is 9.64. The van der Waals surface area contributed by atoms with Crippen molar-refractivity contribution in [2.45, 2.75) is 6.92 Å². The van der Waals surface area contributed by atoms with E-state index in [1.165, 1.54) is 7.11 Å². The summed E-state index contributed by atoms with van der Waals surface area (Å²) < 4.78 is 7.18. The van der Waals surface area contributed by atoms with E-state index < -0.39 is 0 Å². The number of hydrogen-bond acceptors (Lipinski definition) is 3. The smallest absolute Gasteiger partial charge is 0.260 e. The molecule has 0 bridgehead atoms. The second-order valence-corrected chi connectivity index (χ2v) is 7.15. The molecule has 4 aromatic rings. The molecule has 1 heterocycles. The topological polar surface area (TPSA) is 60.3 Å². The predicted octanol–water partition coefficient (Wildman–Crippen LogP) is 4.77. The normalized spacial score (nSPS) is 10.8. The third kappa shape index (κ3) is 3.35. The molecule has 5 heteroatoms. The summed E-state index contributed by atoms with van der Waals surface area (Å²) in [5.74, 6) is 0.574. The Morgan fingerprint density at radius 1 is 0.967 bits per heavy atom. The van der Waals surface area contributed by atoms with Crippen molar-refractivity contribution >= 4 is 22.6 Å². The Balaban J connectivity index is 1.96. The molecule has 0 saturated heterocycles. The van der Waals surface area contributed by atoms with Gasteiger partial charge >= 0.3 is 0 Å². The van der Waals surface area contributed by atoms with Gasteiger partial charge in [-0.3, -0.25) is 9.59 Å². The van der Waals surface area contributed by atoms with Crippen LogP contribution in [-0.4, -0.2) is 17.6 Å². The molecule has 0 aliphatic heterocycles. The number of pyridine rings is 1. The van der Waals surface area contributed by atoms with Gasteiger partial charge in [0.15, 0.2) is 5.43 Å². The number of nitrogens with zero attached hydrogens (tertiary/aromatic N) is 1. The Labute approximate surface area is 174 Å². The third-order valence-electron chi connectivity index (χ3n) is 5.20. The number of benzene rings is 3. The number of ether oxygens (including phenoxy) is 1. The number of hydrogen-bond donors (Lipinski definition) is 1. The second kappa shape index (κ2) is 7.87. The van der Waals surface area contributed by atoms with Crippen LogP contribution in [0.2, 0.25) is 0 Å². The quantitative estimate of drug-likeness (QED) is 0.538. The van der Waals surface area contributed by atoms with E-state index in [0.717, 1.165) is 16.6 Å². The van der Waals surface area contributed by atoms with Crippen LogP contribution in [0.5, 0.6) is 5.75 Å². The highest BCUT2D eigenvalue weighted by Crippen LogP contribution is 2.30. The summed E-state index contributed by atoms with van der Waals surface area (Å²) in [5, 5.41) is 3.57. The first-order chi connectivity index (χ1) is 14.5. The number of carbonyl (C=O) groups is 1. The number of aromatic nitrogens is 1. The lowest BCUT2D eigenvalue weighted by molar-refractivity contribution is 0.102. The van der Waals surface area contributed by atoms with Gasteiger partial charge in [-0.1, -0.05) is 54.1 Å². The van der Waals surface area contributed by atoms with Crippen molar-refractivity contribution in [1.82, 2.24) is 4.57 Å². The van der Waals surface area contributed by atoms with Crippen molar-refractivity contribution in [2.24, 2.45) is 7.05 Å². The highest BCUT2D eigenvalue weighted by atomic mass is 16.5. The van der Waals surface area contributed by atoms with Gasteiger partial charge in [0, 0.05) is 12.4 Å². The van der Waals surface area contributed by atoms with Gasteiger partial charge in [-0.2, -0.15) is 0 Å². The maximum Gasteiger partial charge on any atom is 0.260 e. The molecule has 1 amide bonds. The lowest BCUT2D eigenvalue weighted by atomic mass is 10.0. The fourth-order valence-corrected chi connectivity index (χ4v) is 3.71. The van der Waals surface area contributed by atoms with Gasteiger partial charge in [-0.25, -0.2) is 0 Å². The van der Waals surface area contributed by atoms with Gasteiger partial charge in [-0.15, -0.1) is 0 Å². The minimum atomic E-state index is -0.341. The predicted molar refractivity (Wildman–Crippen MR) is 120 cm³/mol. The third-order valence-corrected chi connectivity index (χ3v) is 5.20. The molecule has 1 aromatic heterocycles. The number of aryl methyl sites for hydroxylation is 2. The fraction of sp³-hybridized carbons (Fsp3) is 0.120. The molecule has 1 N–H and O–H groups in total. The molecular formula is C25H22N2O3. The van der Waals surface area contributed by atoms with Crippen LogP contribution in [0.15, 0.2) is 77.6 Å². The van der Waals surface area contributed by atoms with Gasteiger partial charge in [0.05, 0.1) is 23.8 Å². The number of carbonyl (C=O) groups excluding carboxylic acids is 1. The molecule has 0 spiro atoms. The van der Waals surface area contributed by atoms with E-state index in [1.807, 2.05) is 67.1 Å². The van der Waals surface area contributed by atoms with Crippen LogP contribution in [0.4, 0.5) is 5.82 Å². The summed E-state index contributed by atoms with van der Waals surface area (Å²) in [6.45, 7) is 1.97. The van der Waals surface area contributed by atoms with Crippen molar-refractivity contribution in [3.05, 3.63) is 94.1 Å². The summed E-state index contributed by atoms with van der Waals surface area (Å²) in [4.78, 5) is 26.6. The Hall–Kier alpha value is -3.86. The van der Waals surface area contributed by atoms with Crippen LogP contribution < -0.4 is 15.5 Å². The molecule has 0 saturated carbocycles. The van der Waals surface area contributed by atoms with Gasteiger partial charge in [0.1, 0.15) is 11.6 Å². The van der Waals surface area contributed by atoms with Crippen molar-refractivity contribution in [3.63, 3.8) is 0 Å². The Morgan fingerprint density at radius 3 is 2.47 bits per heavy atom. The van der Waals surface area contributed by atoms with E-state index in [-0.39, 0.29) is 11.3 Å². The van der Waals surface area contributed by atoms with Gasteiger partial charge in [0.2, 0.25) is 0 Å². The molecular weight excluding hydrogens is 376 g/mol. The highest BCUT2D eigenvalue weighted by molar-refractivity contribution is 6.08.